The van der Waals surface area contributed by atoms with Gasteiger partial charge in [-0.15, -0.1) is 0 Å². The van der Waals surface area contributed by atoms with Crippen LogP contribution in [0.3, 0.4) is 0 Å². The van der Waals surface area contributed by atoms with Crippen molar-refractivity contribution in [1.29, 1.82) is 0 Å². The molecule has 0 heterocycles. The fraction of sp³-hybridized carbons (Fsp3) is 0.250. The van der Waals surface area contributed by atoms with Gasteiger partial charge in [0.25, 0.3) is 0 Å². The van der Waals surface area contributed by atoms with E-state index in [0.717, 1.165) is 18.4 Å². The number of carboxylic acids is 1. The van der Waals surface area contributed by atoms with Crippen LogP contribution >= 0.6 is 0 Å². The first-order chi connectivity index (χ1) is 6.79. The van der Waals surface area contributed by atoms with Crippen molar-refractivity contribution in [2.75, 3.05) is 0 Å². The predicted octanol–water partition coefficient (Wildman–Crippen LogP) is 2.85. The fourth-order valence-electron chi connectivity index (χ4n) is 1.21. The van der Waals surface area contributed by atoms with E-state index >= 15 is 0 Å². The second-order valence-electron chi connectivity index (χ2n) is 3.08. The summed E-state index contributed by atoms with van der Waals surface area (Å²) in [5.74, 6) is -0.780. The summed E-state index contributed by atoms with van der Waals surface area (Å²) in [5, 5.41) is 8.65. The van der Waals surface area contributed by atoms with Gasteiger partial charge in [-0.2, -0.15) is 0 Å². The van der Waals surface area contributed by atoms with Crippen molar-refractivity contribution >= 4 is 5.97 Å². The molecule has 2 nitrogen and oxygen atoms in total. The predicted molar refractivity (Wildman–Crippen MR) is 57.0 cm³/mol. The van der Waals surface area contributed by atoms with Crippen LogP contribution in [0.4, 0.5) is 0 Å². The number of allylic oxidation sites excluding steroid dienone is 7. The summed E-state index contributed by atoms with van der Waals surface area (Å²) in [6, 6.07) is 0. The second-order valence-corrected chi connectivity index (χ2v) is 3.08. The Morgan fingerprint density at radius 3 is 2.64 bits per heavy atom. The lowest BCUT2D eigenvalue weighted by Gasteiger charge is -1.97. The van der Waals surface area contributed by atoms with Crippen molar-refractivity contribution in [3.8, 4) is 0 Å². The third-order valence-corrected chi connectivity index (χ3v) is 1.86. The molecule has 0 saturated heterocycles. The average Bonchev–Trinajstić information content (AvgIpc) is 2.15. The van der Waals surface area contributed by atoms with E-state index in [9.17, 15) is 4.79 Å². The van der Waals surface area contributed by atoms with Crippen LogP contribution in [0.15, 0.2) is 48.1 Å². The molecular weight excluding hydrogens is 176 g/mol. The van der Waals surface area contributed by atoms with E-state index in [4.69, 9.17) is 5.11 Å². The molecule has 14 heavy (non-hydrogen) atoms. The monoisotopic (exact) mass is 190 g/mol. The summed E-state index contributed by atoms with van der Waals surface area (Å²) >= 11 is 0. The van der Waals surface area contributed by atoms with Crippen molar-refractivity contribution in [1.82, 2.24) is 0 Å². The van der Waals surface area contributed by atoms with Crippen molar-refractivity contribution in [2.45, 2.75) is 19.3 Å². The van der Waals surface area contributed by atoms with Crippen LogP contribution in [-0.4, -0.2) is 11.1 Å². The molecule has 0 atom stereocenters. The van der Waals surface area contributed by atoms with Gasteiger partial charge >= 0.3 is 5.97 Å². The maximum atomic E-state index is 10.5. The third-order valence-electron chi connectivity index (χ3n) is 1.86. The molecule has 0 saturated carbocycles. The van der Waals surface area contributed by atoms with Crippen LogP contribution in [-0.2, 0) is 4.79 Å². The summed E-state index contributed by atoms with van der Waals surface area (Å²) in [7, 11) is 0. The molecule has 0 aliphatic heterocycles. The van der Waals surface area contributed by atoms with Crippen LogP contribution in [0.25, 0.3) is 0 Å². The highest BCUT2D eigenvalue weighted by Crippen LogP contribution is 2.07. The number of hydrogen-bond donors (Lipinski definition) is 1. The van der Waals surface area contributed by atoms with Gasteiger partial charge in [-0.1, -0.05) is 42.5 Å². The lowest BCUT2D eigenvalue weighted by atomic mass is 10.1. The van der Waals surface area contributed by atoms with Crippen molar-refractivity contribution < 1.29 is 9.90 Å². The van der Waals surface area contributed by atoms with E-state index in [1.165, 1.54) is 0 Å². The minimum atomic E-state index is -0.780. The topological polar surface area (TPSA) is 37.3 Å². The number of rotatable bonds is 2. The Bertz CT molecular complexity index is 306. The van der Waals surface area contributed by atoms with Gasteiger partial charge < -0.3 is 5.11 Å². The van der Waals surface area contributed by atoms with E-state index in [-0.39, 0.29) is 6.42 Å². The molecule has 1 aliphatic rings. The molecule has 0 unspecified atom stereocenters. The van der Waals surface area contributed by atoms with E-state index < -0.39 is 5.97 Å². The zero-order chi connectivity index (χ0) is 10.2. The Hall–Kier alpha value is -1.57. The van der Waals surface area contributed by atoms with Gasteiger partial charge in [0.2, 0.25) is 0 Å². The van der Waals surface area contributed by atoms with Gasteiger partial charge in [0.1, 0.15) is 0 Å². The maximum Gasteiger partial charge on any atom is 0.307 e. The molecule has 0 aromatic rings. The van der Waals surface area contributed by atoms with Crippen LogP contribution in [0.2, 0.25) is 0 Å². The zero-order valence-electron chi connectivity index (χ0n) is 8.02. The Labute approximate surface area is 83.9 Å². The highest BCUT2D eigenvalue weighted by atomic mass is 16.4. The number of carbonyl (C=O) groups is 1. The van der Waals surface area contributed by atoms with Crippen molar-refractivity contribution in [3.05, 3.63) is 48.1 Å². The lowest BCUT2D eigenvalue weighted by Crippen LogP contribution is -1.95. The fourth-order valence-corrected chi connectivity index (χ4v) is 1.21. The number of aliphatic carboxylic acids is 1. The molecule has 1 aliphatic carbocycles. The van der Waals surface area contributed by atoms with E-state index in [0.29, 0.717) is 0 Å². The van der Waals surface area contributed by atoms with Gasteiger partial charge in [-0.25, -0.2) is 0 Å². The van der Waals surface area contributed by atoms with Crippen molar-refractivity contribution in [2.24, 2.45) is 0 Å². The third kappa shape index (κ3) is 4.45. The summed E-state index contributed by atoms with van der Waals surface area (Å²) < 4.78 is 0. The standard InChI is InChI=1S/C12H14O2/c13-12(14)10-11-8-6-4-2-1-3-5-7-9-11/h1-4,7-9H,5-6,10H2,(H,13,14)/b3-1-,4-2-,9-7?,11-8?. The quantitative estimate of drug-likeness (QED) is 0.727. The molecule has 0 bridgehead atoms. The molecule has 0 amide bonds. The Morgan fingerprint density at radius 1 is 1.21 bits per heavy atom. The summed E-state index contributed by atoms with van der Waals surface area (Å²) in [5.41, 5.74) is 0.873. The first-order valence-electron chi connectivity index (χ1n) is 4.68. The maximum absolute atomic E-state index is 10.5. The molecular formula is C12H14O2. The summed E-state index contributed by atoms with van der Waals surface area (Å²) in [6.07, 6.45) is 15.6. The molecule has 74 valence electrons. The van der Waals surface area contributed by atoms with Gasteiger partial charge in [-0.05, 0) is 18.4 Å². The Kier molecular flexibility index (Phi) is 4.48. The van der Waals surface area contributed by atoms with E-state index in [1.54, 1.807) is 0 Å². The molecule has 0 aromatic carbocycles. The molecule has 1 rings (SSSR count). The minimum absolute atomic E-state index is 0.105. The van der Waals surface area contributed by atoms with Gasteiger partial charge in [0, 0.05) is 0 Å². The molecule has 0 spiro atoms. The zero-order valence-corrected chi connectivity index (χ0v) is 8.02. The summed E-state index contributed by atoms with van der Waals surface area (Å²) in [6.45, 7) is 0. The number of hydrogen-bond acceptors (Lipinski definition) is 1. The van der Waals surface area contributed by atoms with Gasteiger partial charge in [-0.3, -0.25) is 4.79 Å². The molecule has 1 N–H and O–H groups in total. The second kappa shape index (κ2) is 5.97. The molecule has 0 fully saturated rings. The summed E-state index contributed by atoms with van der Waals surface area (Å²) in [4.78, 5) is 10.5. The normalized spacial score (nSPS) is 21.0. The lowest BCUT2D eigenvalue weighted by molar-refractivity contribution is -0.136. The molecule has 0 radical (unpaired) electrons. The first-order valence-corrected chi connectivity index (χ1v) is 4.68. The average molecular weight is 190 g/mol. The van der Waals surface area contributed by atoms with Crippen LogP contribution in [0, 0.1) is 0 Å². The Balaban J connectivity index is 2.66. The smallest absolute Gasteiger partial charge is 0.307 e. The minimum Gasteiger partial charge on any atom is -0.481 e. The van der Waals surface area contributed by atoms with Crippen LogP contribution < -0.4 is 0 Å². The molecule has 2 heteroatoms. The largest absolute Gasteiger partial charge is 0.481 e. The van der Waals surface area contributed by atoms with Crippen LogP contribution in [0.5, 0.6) is 0 Å². The van der Waals surface area contributed by atoms with Gasteiger partial charge in [0.05, 0.1) is 6.42 Å². The highest BCUT2D eigenvalue weighted by Gasteiger charge is 1.99. The Morgan fingerprint density at radius 2 is 1.93 bits per heavy atom. The van der Waals surface area contributed by atoms with Crippen LogP contribution in [0.1, 0.15) is 19.3 Å². The molecule has 0 aromatic heterocycles. The van der Waals surface area contributed by atoms with Gasteiger partial charge in [0.15, 0.2) is 0 Å². The van der Waals surface area contributed by atoms with Crippen molar-refractivity contribution in [3.63, 3.8) is 0 Å². The highest BCUT2D eigenvalue weighted by molar-refractivity contribution is 5.70. The number of carboxylic acid groups (broad SMARTS) is 1. The first kappa shape index (κ1) is 10.5. The van der Waals surface area contributed by atoms with E-state index in [2.05, 4.69) is 0 Å². The van der Waals surface area contributed by atoms with E-state index in [1.807, 2.05) is 42.5 Å². The SMILES string of the molecule is O=C(O)CC1=CC/C=C\C=C/CC=C1.